The third-order valence-corrected chi connectivity index (χ3v) is 3.40. The summed E-state index contributed by atoms with van der Waals surface area (Å²) in [6, 6.07) is 5.47. The number of benzene rings is 1. The van der Waals surface area contributed by atoms with Gasteiger partial charge < -0.3 is 15.2 Å². The van der Waals surface area contributed by atoms with E-state index in [-0.39, 0.29) is 5.91 Å². The zero-order chi connectivity index (χ0) is 12.3. The zero-order valence-electron chi connectivity index (χ0n) is 9.91. The van der Waals surface area contributed by atoms with E-state index in [2.05, 4.69) is 5.32 Å². The lowest BCUT2D eigenvalue weighted by Gasteiger charge is -2.32. The van der Waals surface area contributed by atoms with Crippen LogP contribution in [0.5, 0.6) is 5.75 Å². The van der Waals surface area contributed by atoms with E-state index in [9.17, 15) is 9.90 Å². The van der Waals surface area contributed by atoms with Gasteiger partial charge in [-0.05, 0) is 44.4 Å². The topological polar surface area (TPSA) is 58.6 Å². The van der Waals surface area contributed by atoms with E-state index in [4.69, 9.17) is 4.74 Å². The van der Waals surface area contributed by atoms with Gasteiger partial charge in [0.05, 0.1) is 11.3 Å². The van der Waals surface area contributed by atoms with Crippen LogP contribution >= 0.6 is 0 Å². The summed E-state index contributed by atoms with van der Waals surface area (Å²) >= 11 is 0. The number of aliphatic hydroxyl groups is 1. The number of ether oxygens (including phenoxy) is 1. The Kier molecular flexibility index (Phi) is 1.88. The van der Waals surface area contributed by atoms with Crippen LogP contribution in [0.1, 0.15) is 32.3 Å². The predicted octanol–water partition coefficient (Wildman–Crippen LogP) is 1.78. The van der Waals surface area contributed by atoms with Gasteiger partial charge in [-0.2, -0.15) is 0 Å². The van der Waals surface area contributed by atoms with E-state index in [1.807, 2.05) is 12.1 Å². The zero-order valence-corrected chi connectivity index (χ0v) is 9.91. The van der Waals surface area contributed by atoms with Gasteiger partial charge in [0.25, 0.3) is 5.91 Å². The Balaban J connectivity index is 2.00. The Hall–Kier alpha value is -1.55. The third kappa shape index (κ3) is 1.60. The predicted molar refractivity (Wildman–Crippen MR) is 62.9 cm³/mol. The van der Waals surface area contributed by atoms with E-state index in [0.29, 0.717) is 11.4 Å². The van der Waals surface area contributed by atoms with Gasteiger partial charge in [-0.1, -0.05) is 6.07 Å². The molecule has 0 spiro atoms. The highest BCUT2D eigenvalue weighted by Crippen LogP contribution is 2.47. The molecule has 0 unspecified atom stereocenters. The molecule has 1 aromatic carbocycles. The van der Waals surface area contributed by atoms with Crippen LogP contribution in [-0.4, -0.2) is 16.6 Å². The summed E-state index contributed by atoms with van der Waals surface area (Å²) in [6.07, 6.45) is 1.57. The van der Waals surface area contributed by atoms with Crippen LogP contribution in [0.4, 0.5) is 5.69 Å². The molecule has 90 valence electrons. The molecule has 1 amide bonds. The molecule has 1 aromatic rings. The van der Waals surface area contributed by atoms with E-state index < -0.39 is 11.2 Å². The van der Waals surface area contributed by atoms with Crippen molar-refractivity contribution in [3.63, 3.8) is 0 Å². The molecule has 0 radical (unpaired) electrons. The summed E-state index contributed by atoms with van der Waals surface area (Å²) in [5.41, 5.74) is -0.0374. The quantitative estimate of drug-likeness (QED) is 0.777. The molecule has 2 N–H and O–H groups in total. The van der Waals surface area contributed by atoms with E-state index >= 15 is 0 Å². The molecular weight excluding hydrogens is 218 g/mol. The Bertz CT molecular complexity index is 503. The molecule has 0 aromatic heterocycles. The first-order valence-corrected chi connectivity index (χ1v) is 5.78. The summed E-state index contributed by atoms with van der Waals surface area (Å²) in [7, 11) is 0. The number of amides is 1. The van der Waals surface area contributed by atoms with E-state index in [1.54, 1.807) is 19.9 Å². The molecule has 1 aliphatic heterocycles. The smallest absolute Gasteiger partial charge is 0.268 e. The van der Waals surface area contributed by atoms with Crippen LogP contribution < -0.4 is 10.1 Å². The maximum absolute atomic E-state index is 11.8. The fourth-order valence-corrected chi connectivity index (χ4v) is 2.01. The summed E-state index contributed by atoms with van der Waals surface area (Å²) in [5.74, 6) is 0.493. The van der Waals surface area contributed by atoms with Crippen LogP contribution in [0, 0.1) is 0 Å². The maximum atomic E-state index is 11.8. The lowest BCUT2D eigenvalue weighted by molar-refractivity contribution is -0.129. The van der Waals surface area contributed by atoms with Crippen LogP contribution in [0.15, 0.2) is 18.2 Å². The summed E-state index contributed by atoms with van der Waals surface area (Å²) in [5, 5.41) is 12.8. The number of hydrogen-bond donors (Lipinski definition) is 2. The van der Waals surface area contributed by atoms with Crippen molar-refractivity contribution in [3.05, 3.63) is 23.8 Å². The Morgan fingerprint density at radius 3 is 2.71 bits per heavy atom. The van der Waals surface area contributed by atoms with Crippen molar-refractivity contribution in [2.24, 2.45) is 0 Å². The Morgan fingerprint density at radius 1 is 1.35 bits per heavy atom. The molecule has 3 rings (SSSR count). The molecule has 0 saturated heterocycles. The minimum atomic E-state index is -0.842. The lowest BCUT2D eigenvalue weighted by Crippen LogP contribution is -2.45. The van der Waals surface area contributed by atoms with Gasteiger partial charge in [-0.3, -0.25) is 4.79 Å². The van der Waals surface area contributed by atoms with Crippen LogP contribution in [-0.2, 0) is 10.4 Å². The molecule has 0 bridgehead atoms. The van der Waals surface area contributed by atoms with Gasteiger partial charge in [0, 0.05) is 0 Å². The fourth-order valence-electron chi connectivity index (χ4n) is 2.01. The average molecular weight is 233 g/mol. The van der Waals surface area contributed by atoms with Gasteiger partial charge in [-0.15, -0.1) is 0 Å². The molecule has 4 heteroatoms. The number of fused-ring (bicyclic) bond motifs is 1. The van der Waals surface area contributed by atoms with Gasteiger partial charge in [0.1, 0.15) is 5.75 Å². The molecule has 1 heterocycles. The molecule has 1 saturated carbocycles. The molecule has 4 nitrogen and oxygen atoms in total. The number of anilines is 1. The second-order valence-electron chi connectivity index (χ2n) is 5.31. The number of nitrogens with one attached hydrogen (secondary N) is 1. The van der Waals surface area contributed by atoms with Crippen LogP contribution in [0.2, 0.25) is 0 Å². The van der Waals surface area contributed by atoms with Crippen molar-refractivity contribution in [2.75, 3.05) is 5.32 Å². The monoisotopic (exact) mass is 233 g/mol. The highest BCUT2D eigenvalue weighted by atomic mass is 16.5. The van der Waals surface area contributed by atoms with E-state index in [1.165, 1.54) is 0 Å². The first-order chi connectivity index (χ1) is 7.91. The first-order valence-electron chi connectivity index (χ1n) is 5.78. The molecule has 1 aliphatic carbocycles. The highest BCUT2D eigenvalue weighted by molar-refractivity contribution is 6.00. The van der Waals surface area contributed by atoms with Crippen molar-refractivity contribution >= 4 is 11.6 Å². The van der Waals surface area contributed by atoms with Gasteiger partial charge in [-0.25, -0.2) is 0 Å². The number of carbonyl (C=O) groups is 1. The second kappa shape index (κ2) is 3.01. The maximum Gasteiger partial charge on any atom is 0.268 e. The minimum absolute atomic E-state index is 0.162. The van der Waals surface area contributed by atoms with Gasteiger partial charge >= 0.3 is 0 Å². The first kappa shape index (κ1) is 10.6. The van der Waals surface area contributed by atoms with Crippen molar-refractivity contribution < 1.29 is 14.6 Å². The highest BCUT2D eigenvalue weighted by Gasteiger charge is 2.43. The lowest BCUT2D eigenvalue weighted by atomic mass is 10.0. The Labute approximate surface area is 99.6 Å². The SMILES string of the molecule is CC1(C)Oc2ccc(C3(O)CC3)cc2NC1=O. The molecular formula is C13H15NO3. The number of hydrogen-bond acceptors (Lipinski definition) is 3. The minimum Gasteiger partial charge on any atom is -0.476 e. The standard InChI is InChI=1S/C13H15NO3/c1-12(2)11(15)14-9-7-8(13(16)5-6-13)3-4-10(9)17-12/h3-4,7,16H,5-6H2,1-2H3,(H,14,15). The van der Waals surface area contributed by atoms with Crippen LogP contribution in [0.25, 0.3) is 0 Å². The molecule has 2 aliphatic rings. The van der Waals surface area contributed by atoms with Gasteiger partial charge in [0.2, 0.25) is 0 Å². The van der Waals surface area contributed by atoms with Crippen molar-refractivity contribution in [2.45, 2.75) is 37.9 Å². The largest absolute Gasteiger partial charge is 0.476 e. The average Bonchev–Trinajstić information content (AvgIpc) is 2.98. The number of rotatable bonds is 1. The van der Waals surface area contributed by atoms with Gasteiger partial charge in [0.15, 0.2) is 5.60 Å². The van der Waals surface area contributed by atoms with Crippen LogP contribution in [0.3, 0.4) is 0 Å². The summed E-state index contributed by atoms with van der Waals surface area (Å²) in [4.78, 5) is 11.8. The van der Waals surface area contributed by atoms with Crippen molar-refractivity contribution in [1.29, 1.82) is 0 Å². The van der Waals surface area contributed by atoms with Crippen molar-refractivity contribution in [3.8, 4) is 5.75 Å². The van der Waals surface area contributed by atoms with E-state index in [0.717, 1.165) is 18.4 Å². The second-order valence-corrected chi connectivity index (χ2v) is 5.31. The fraction of sp³-hybridized carbons (Fsp3) is 0.462. The van der Waals surface area contributed by atoms with Crippen molar-refractivity contribution in [1.82, 2.24) is 0 Å². The Morgan fingerprint density at radius 2 is 2.06 bits per heavy atom. The summed E-state index contributed by atoms with van der Waals surface area (Å²) < 4.78 is 5.63. The molecule has 0 atom stereocenters. The summed E-state index contributed by atoms with van der Waals surface area (Å²) in [6.45, 7) is 3.46. The molecule has 1 fully saturated rings. The third-order valence-electron chi connectivity index (χ3n) is 3.40. The molecule has 17 heavy (non-hydrogen) atoms. The normalized spacial score (nSPS) is 23.4. The number of carbonyl (C=O) groups excluding carboxylic acids is 1.